The monoisotopic (exact) mass is 237 g/mol. The van der Waals surface area contributed by atoms with Crippen LogP contribution in [0.5, 0.6) is 0 Å². The molecule has 0 bridgehead atoms. The molecule has 0 amide bonds. The average Bonchev–Trinajstić information content (AvgIpc) is 2.48. The van der Waals surface area contributed by atoms with E-state index in [1.807, 2.05) is 6.08 Å². The molecule has 0 saturated heterocycles. The summed E-state index contributed by atoms with van der Waals surface area (Å²) in [6.07, 6.45) is 6.58. The molecule has 0 radical (unpaired) electrons. The molecule has 1 aliphatic carbocycles. The Kier molecular flexibility index (Phi) is 3.89. The Morgan fingerprint density at radius 3 is 2.88 bits per heavy atom. The van der Waals surface area contributed by atoms with E-state index in [2.05, 4.69) is 0 Å². The van der Waals surface area contributed by atoms with Crippen LogP contribution in [0.1, 0.15) is 31.2 Å². The van der Waals surface area contributed by atoms with Crippen molar-refractivity contribution in [3.63, 3.8) is 0 Å². The molecule has 0 saturated carbocycles. The predicted molar refractivity (Wildman–Crippen MR) is 64.6 cm³/mol. The summed E-state index contributed by atoms with van der Waals surface area (Å²) in [5.41, 5.74) is 7.45. The van der Waals surface area contributed by atoms with E-state index in [0.29, 0.717) is 12.0 Å². The molecule has 0 aliphatic heterocycles. The lowest BCUT2D eigenvalue weighted by Crippen LogP contribution is -2.16. The molecular weight excluding hydrogens is 220 g/mol. The number of rotatable bonds is 2. The van der Waals surface area contributed by atoms with E-state index in [4.69, 9.17) is 5.73 Å². The third-order valence-electron chi connectivity index (χ3n) is 3.16. The highest BCUT2D eigenvalue weighted by Gasteiger charge is 2.11. The molecule has 0 fully saturated rings. The van der Waals surface area contributed by atoms with E-state index in [-0.39, 0.29) is 17.7 Å². The largest absolute Gasteiger partial charge is 0.324 e. The quantitative estimate of drug-likeness (QED) is 0.784. The van der Waals surface area contributed by atoms with Crippen LogP contribution in [0.2, 0.25) is 0 Å². The van der Waals surface area contributed by atoms with Crippen LogP contribution in [-0.4, -0.2) is 6.04 Å². The second-order valence-corrected chi connectivity index (χ2v) is 4.65. The third kappa shape index (κ3) is 3.37. The van der Waals surface area contributed by atoms with Crippen molar-refractivity contribution in [2.75, 3.05) is 0 Å². The van der Waals surface area contributed by atoms with E-state index in [1.165, 1.54) is 12.1 Å². The molecule has 1 aromatic carbocycles. The van der Waals surface area contributed by atoms with Crippen molar-refractivity contribution >= 4 is 0 Å². The van der Waals surface area contributed by atoms with E-state index >= 15 is 0 Å². The minimum atomic E-state index is -0.389. The highest BCUT2D eigenvalue weighted by molar-refractivity contribution is 5.25. The average molecular weight is 237 g/mol. The zero-order chi connectivity index (χ0) is 12.3. The van der Waals surface area contributed by atoms with Crippen molar-refractivity contribution in [1.82, 2.24) is 0 Å². The van der Waals surface area contributed by atoms with Gasteiger partial charge in [-0.3, -0.25) is 0 Å². The van der Waals surface area contributed by atoms with Crippen LogP contribution in [-0.2, 0) is 6.42 Å². The van der Waals surface area contributed by atoms with Crippen molar-refractivity contribution in [2.45, 2.75) is 38.1 Å². The molecule has 2 N–H and O–H groups in total. The summed E-state index contributed by atoms with van der Waals surface area (Å²) in [6, 6.07) is 3.66. The minimum absolute atomic E-state index is 0.0594. The molecule has 0 spiro atoms. The summed E-state index contributed by atoms with van der Waals surface area (Å²) in [4.78, 5) is 0. The topological polar surface area (TPSA) is 26.0 Å². The lowest BCUT2D eigenvalue weighted by Gasteiger charge is -2.08. The molecule has 1 atom stereocenters. The summed E-state index contributed by atoms with van der Waals surface area (Å²) in [5.74, 6) is -0.731. The molecule has 1 aliphatic rings. The predicted octanol–water partition coefficient (Wildman–Crippen LogP) is 3.34. The smallest absolute Gasteiger partial charge is 0.126 e. The van der Waals surface area contributed by atoms with Crippen molar-refractivity contribution < 1.29 is 8.78 Å². The highest BCUT2D eigenvalue weighted by Crippen LogP contribution is 2.22. The maximum Gasteiger partial charge on any atom is 0.126 e. The van der Waals surface area contributed by atoms with Crippen molar-refractivity contribution in [3.05, 3.63) is 47.0 Å². The molecule has 0 heterocycles. The number of hydrogen-bond donors (Lipinski definition) is 1. The number of hydrogen-bond acceptors (Lipinski definition) is 1. The first-order valence-electron chi connectivity index (χ1n) is 6.04. The molecule has 3 heteroatoms. The van der Waals surface area contributed by atoms with Crippen LogP contribution in [0, 0.1) is 11.6 Å². The van der Waals surface area contributed by atoms with Crippen molar-refractivity contribution in [1.29, 1.82) is 0 Å². The molecular formula is C14H17F2N. The molecule has 17 heavy (non-hydrogen) atoms. The van der Waals surface area contributed by atoms with E-state index in [9.17, 15) is 8.78 Å². The van der Waals surface area contributed by atoms with Gasteiger partial charge in [-0.2, -0.15) is 0 Å². The van der Waals surface area contributed by atoms with Gasteiger partial charge >= 0.3 is 0 Å². The fourth-order valence-electron chi connectivity index (χ4n) is 2.27. The summed E-state index contributed by atoms with van der Waals surface area (Å²) < 4.78 is 26.5. The van der Waals surface area contributed by atoms with Gasteiger partial charge in [0, 0.05) is 6.04 Å². The van der Waals surface area contributed by atoms with Gasteiger partial charge in [-0.25, -0.2) is 8.78 Å². The minimum Gasteiger partial charge on any atom is -0.324 e. The van der Waals surface area contributed by atoms with Gasteiger partial charge in [0.25, 0.3) is 0 Å². The van der Waals surface area contributed by atoms with E-state index < -0.39 is 0 Å². The summed E-state index contributed by atoms with van der Waals surface area (Å²) in [7, 11) is 0. The SMILES string of the molecule is NC1C=C(Cc2cc(F)ccc2F)CCCC1. The normalized spacial score (nSPS) is 20.9. The molecule has 2 rings (SSSR count). The van der Waals surface area contributed by atoms with Gasteiger partial charge in [-0.05, 0) is 49.4 Å². The second kappa shape index (κ2) is 5.41. The van der Waals surface area contributed by atoms with Gasteiger partial charge in [-0.1, -0.05) is 18.1 Å². The van der Waals surface area contributed by atoms with E-state index in [1.54, 1.807) is 0 Å². The second-order valence-electron chi connectivity index (χ2n) is 4.65. The van der Waals surface area contributed by atoms with Crippen molar-refractivity contribution in [3.8, 4) is 0 Å². The van der Waals surface area contributed by atoms with Crippen LogP contribution in [0.3, 0.4) is 0 Å². The van der Waals surface area contributed by atoms with Crippen LogP contribution >= 0.6 is 0 Å². The number of nitrogens with two attached hydrogens (primary N) is 1. The zero-order valence-corrected chi connectivity index (χ0v) is 9.76. The molecule has 1 nitrogen and oxygen atoms in total. The summed E-state index contributed by atoms with van der Waals surface area (Å²) in [5, 5.41) is 0. The fourth-order valence-corrected chi connectivity index (χ4v) is 2.27. The first-order chi connectivity index (χ1) is 8.15. The van der Waals surface area contributed by atoms with Gasteiger partial charge in [0.15, 0.2) is 0 Å². The Labute approximate surface area is 100 Å². The molecule has 0 aromatic heterocycles. The van der Waals surface area contributed by atoms with Gasteiger partial charge in [0.2, 0.25) is 0 Å². The first kappa shape index (κ1) is 12.2. The molecule has 92 valence electrons. The molecule has 1 unspecified atom stereocenters. The standard InChI is InChI=1S/C14H17F2N/c15-12-5-6-14(16)11(9-12)7-10-3-1-2-4-13(17)8-10/h5-6,8-9,13H,1-4,7,17H2. The van der Waals surface area contributed by atoms with Gasteiger partial charge in [-0.15, -0.1) is 0 Å². The maximum absolute atomic E-state index is 13.5. The Bertz CT molecular complexity index is 426. The van der Waals surface area contributed by atoms with Gasteiger partial charge < -0.3 is 5.73 Å². The van der Waals surface area contributed by atoms with Crippen LogP contribution in [0.15, 0.2) is 29.8 Å². The Hall–Kier alpha value is -1.22. The summed E-state index contributed by atoms with van der Waals surface area (Å²) in [6.45, 7) is 0. The lowest BCUT2D eigenvalue weighted by atomic mass is 10.0. The van der Waals surface area contributed by atoms with Gasteiger partial charge in [0.05, 0.1) is 0 Å². The summed E-state index contributed by atoms with van der Waals surface area (Å²) >= 11 is 0. The highest BCUT2D eigenvalue weighted by atomic mass is 19.1. The lowest BCUT2D eigenvalue weighted by molar-refractivity contribution is 0.586. The number of halogens is 2. The number of benzene rings is 1. The van der Waals surface area contributed by atoms with Crippen molar-refractivity contribution in [2.24, 2.45) is 5.73 Å². The third-order valence-corrected chi connectivity index (χ3v) is 3.16. The zero-order valence-electron chi connectivity index (χ0n) is 9.76. The van der Waals surface area contributed by atoms with Crippen LogP contribution in [0.4, 0.5) is 8.78 Å². The Morgan fingerprint density at radius 2 is 2.06 bits per heavy atom. The Morgan fingerprint density at radius 1 is 1.24 bits per heavy atom. The Balaban J connectivity index is 2.16. The molecule has 1 aromatic rings. The van der Waals surface area contributed by atoms with E-state index in [0.717, 1.165) is 37.3 Å². The number of allylic oxidation sites excluding steroid dienone is 1. The van der Waals surface area contributed by atoms with Crippen LogP contribution in [0.25, 0.3) is 0 Å². The first-order valence-corrected chi connectivity index (χ1v) is 6.04. The van der Waals surface area contributed by atoms with Crippen LogP contribution < -0.4 is 5.73 Å². The van der Waals surface area contributed by atoms with Gasteiger partial charge in [0.1, 0.15) is 11.6 Å². The maximum atomic E-state index is 13.5. The fraction of sp³-hybridized carbons (Fsp3) is 0.429.